The molecule has 1 aliphatic rings. The maximum absolute atomic E-state index is 11.9. The highest BCUT2D eigenvalue weighted by atomic mass is 35.5. The van der Waals surface area contributed by atoms with Gasteiger partial charge in [0.2, 0.25) is 5.91 Å². The smallest absolute Gasteiger partial charge is 0.250 e. The van der Waals surface area contributed by atoms with Crippen LogP contribution in [0.15, 0.2) is 47.6 Å². The molecule has 1 heterocycles. The summed E-state index contributed by atoms with van der Waals surface area (Å²) in [5, 5.41) is 4.71. The SMILES string of the molecule is O=C(CSCc1ccccc1Cl)N/N=C/c1cccc2c1OCCO2. The average Bonchev–Trinajstić information content (AvgIpc) is 2.63. The molecule has 3 rings (SSSR count). The third kappa shape index (κ3) is 4.90. The van der Waals surface area contributed by atoms with Crippen LogP contribution in [0.5, 0.6) is 11.5 Å². The van der Waals surface area contributed by atoms with Crippen LogP contribution in [-0.4, -0.2) is 31.1 Å². The lowest BCUT2D eigenvalue weighted by Crippen LogP contribution is -2.20. The minimum absolute atomic E-state index is 0.171. The number of halogens is 1. The molecule has 0 unspecified atom stereocenters. The lowest BCUT2D eigenvalue weighted by molar-refractivity contribution is -0.118. The summed E-state index contributed by atoms with van der Waals surface area (Å²) in [7, 11) is 0. The number of para-hydroxylation sites is 1. The predicted octanol–water partition coefficient (Wildman–Crippen LogP) is 3.49. The number of nitrogens with one attached hydrogen (secondary N) is 1. The summed E-state index contributed by atoms with van der Waals surface area (Å²) in [6.07, 6.45) is 1.56. The van der Waals surface area contributed by atoms with Crippen molar-refractivity contribution in [3.05, 3.63) is 58.6 Å². The van der Waals surface area contributed by atoms with Gasteiger partial charge in [0, 0.05) is 16.3 Å². The topological polar surface area (TPSA) is 59.9 Å². The number of carbonyl (C=O) groups is 1. The first-order chi connectivity index (χ1) is 12.2. The molecule has 0 fully saturated rings. The van der Waals surface area contributed by atoms with Crippen LogP contribution in [0.2, 0.25) is 5.02 Å². The normalized spacial score (nSPS) is 13.0. The van der Waals surface area contributed by atoms with Crippen LogP contribution in [0.3, 0.4) is 0 Å². The molecule has 2 aromatic rings. The molecule has 130 valence electrons. The van der Waals surface area contributed by atoms with Gasteiger partial charge in [-0.05, 0) is 23.8 Å². The van der Waals surface area contributed by atoms with Crippen LogP contribution in [0, 0.1) is 0 Å². The third-order valence-corrected chi connectivity index (χ3v) is 4.79. The molecule has 0 aliphatic carbocycles. The molecule has 1 amide bonds. The van der Waals surface area contributed by atoms with Crippen LogP contribution in [0.1, 0.15) is 11.1 Å². The zero-order valence-corrected chi connectivity index (χ0v) is 15.0. The zero-order chi connectivity index (χ0) is 17.5. The van der Waals surface area contributed by atoms with Gasteiger partial charge in [0.15, 0.2) is 11.5 Å². The zero-order valence-electron chi connectivity index (χ0n) is 13.4. The lowest BCUT2D eigenvalue weighted by atomic mass is 10.2. The van der Waals surface area contributed by atoms with Crippen molar-refractivity contribution in [2.45, 2.75) is 5.75 Å². The van der Waals surface area contributed by atoms with Gasteiger partial charge in [-0.15, -0.1) is 11.8 Å². The van der Waals surface area contributed by atoms with Crippen molar-refractivity contribution in [3.8, 4) is 11.5 Å². The number of hydrogen-bond donors (Lipinski definition) is 1. The number of fused-ring (bicyclic) bond motifs is 1. The van der Waals surface area contributed by atoms with E-state index in [-0.39, 0.29) is 5.91 Å². The number of hydrogen-bond acceptors (Lipinski definition) is 5. The Morgan fingerprint density at radius 3 is 2.92 bits per heavy atom. The number of carbonyl (C=O) groups excluding carboxylic acids is 1. The molecule has 0 bridgehead atoms. The Morgan fingerprint density at radius 1 is 1.20 bits per heavy atom. The Balaban J connectivity index is 1.48. The van der Waals surface area contributed by atoms with Gasteiger partial charge < -0.3 is 9.47 Å². The Bertz CT molecular complexity index is 783. The number of hydrazone groups is 1. The standard InChI is InChI=1S/C18H17ClN2O3S/c19-15-6-2-1-4-14(15)11-25-12-17(22)21-20-10-13-5-3-7-16-18(13)24-9-8-23-16/h1-7,10H,8-9,11-12H2,(H,21,22)/b20-10+. The van der Waals surface area contributed by atoms with E-state index >= 15 is 0 Å². The Labute approximate surface area is 155 Å². The summed E-state index contributed by atoms with van der Waals surface area (Å²) in [5.74, 6) is 2.15. The first kappa shape index (κ1) is 17.6. The van der Waals surface area contributed by atoms with Crippen molar-refractivity contribution in [3.63, 3.8) is 0 Å². The van der Waals surface area contributed by atoms with Gasteiger partial charge in [0.25, 0.3) is 0 Å². The van der Waals surface area contributed by atoms with Crippen LogP contribution < -0.4 is 14.9 Å². The summed E-state index contributed by atoms with van der Waals surface area (Å²) < 4.78 is 11.1. The number of benzene rings is 2. The average molecular weight is 377 g/mol. The molecule has 5 nitrogen and oxygen atoms in total. The number of amides is 1. The summed E-state index contributed by atoms with van der Waals surface area (Å²) >= 11 is 7.57. The second-order valence-corrected chi connectivity index (χ2v) is 6.64. The van der Waals surface area contributed by atoms with Gasteiger partial charge in [-0.1, -0.05) is 35.9 Å². The lowest BCUT2D eigenvalue weighted by Gasteiger charge is -2.19. The quantitative estimate of drug-likeness (QED) is 0.619. The van der Waals surface area contributed by atoms with Crippen molar-refractivity contribution in [2.24, 2.45) is 5.10 Å². The monoisotopic (exact) mass is 376 g/mol. The van der Waals surface area contributed by atoms with Gasteiger partial charge in [-0.3, -0.25) is 4.79 Å². The second-order valence-electron chi connectivity index (χ2n) is 5.25. The highest BCUT2D eigenvalue weighted by Gasteiger charge is 2.14. The van der Waals surface area contributed by atoms with Gasteiger partial charge in [0.05, 0.1) is 12.0 Å². The van der Waals surface area contributed by atoms with E-state index in [1.165, 1.54) is 11.8 Å². The van der Waals surface area contributed by atoms with Gasteiger partial charge in [0.1, 0.15) is 13.2 Å². The Morgan fingerprint density at radius 2 is 2.04 bits per heavy atom. The molecule has 0 atom stereocenters. The Hall–Kier alpha value is -2.18. The summed E-state index contributed by atoms with van der Waals surface area (Å²) in [5.41, 5.74) is 4.30. The first-order valence-corrected chi connectivity index (χ1v) is 9.29. The van der Waals surface area contributed by atoms with E-state index in [0.29, 0.717) is 41.2 Å². The fraction of sp³-hybridized carbons (Fsp3) is 0.222. The van der Waals surface area contributed by atoms with E-state index in [9.17, 15) is 4.79 Å². The molecular formula is C18H17ClN2O3S. The first-order valence-electron chi connectivity index (χ1n) is 7.76. The van der Waals surface area contributed by atoms with Crippen LogP contribution in [-0.2, 0) is 10.5 Å². The van der Waals surface area contributed by atoms with E-state index in [1.807, 2.05) is 42.5 Å². The van der Waals surface area contributed by atoms with Crippen molar-refractivity contribution in [2.75, 3.05) is 19.0 Å². The molecule has 1 aliphatic heterocycles. The summed E-state index contributed by atoms with van der Waals surface area (Å²) in [4.78, 5) is 11.9. The minimum Gasteiger partial charge on any atom is -0.486 e. The number of rotatable bonds is 6. The minimum atomic E-state index is -0.171. The van der Waals surface area contributed by atoms with Crippen molar-refractivity contribution < 1.29 is 14.3 Å². The van der Waals surface area contributed by atoms with E-state index in [0.717, 1.165) is 11.1 Å². The Kier molecular flexibility index (Phi) is 6.19. The highest BCUT2D eigenvalue weighted by Crippen LogP contribution is 2.32. The third-order valence-electron chi connectivity index (χ3n) is 3.44. The van der Waals surface area contributed by atoms with E-state index in [4.69, 9.17) is 21.1 Å². The van der Waals surface area contributed by atoms with Gasteiger partial charge in [-0.2, -0.15) is 5.10 Å². The number of nitrogens with zero attached hydrogens (tertiary/aromatic N) is 1. The van der Waals surface area contributed by atoms with Gasteiger partial charge >= 0.3 is 0 Å². The predicted molar refractivity (Wildman–Crippen MR) is 101 cm³/mol. The highest BCUT2D eigenvalue weighted by molar-refractivity contribution is 7.99. The molecule has 7 heteroatoms. The largest absolute Gasteiger partial charge is 0.486 e. The van der Waals surface area contributed by atoms with Crippen molar-refractivity contribution in [1.29, 1.82) is 0 Å². The van der Waals surface area contributed by atoms with E-state index in [2.05, 4.69) is 10.5 Å². The molecule has 0 saturated carbocycles. The maximum atomic E-state index is 11.9. The van der Waals surface area contributed by atoms with Crippen LogP contribution in [0.4, 0.5) is 0 Å². The van der Waals surface area contributed by atoms with E-state index < -0.39 is 0 Å². The van der Waals surface area contributed by atoms with Crippen molar-refractivity contribution in [1.82, 2.24) is 5.43 Å². The van der Waals surface area contributed by atoms with Gasteiger partial charge in [-0.25, -0.2) is 5.43 Å². The molecule has 25 heavy (non-hydrogen) atoms. The van der Waals surface area contributed by atoms with Crippen LogP contribution >= 0.6 is 23.4 Å². The molecule has 0 spiro atoms. The van der Waals surface area contributed by atoms with E-state index in [1.54, 1.807) is 6.21 Å². The molecule has 0 saturated heterocycles. The molecule has 2 aromatic carbocycles. The molecule has 0 aromatic heterocycles. The van der Waals surface area contributed by atoms with Crippen LogP contribution in [0.25, 0.3) is 0 Å². The molecular weight excluding hydrogens is 360 g/mol. The fourth-order valence-electron chi connectivity index (χ4n) is 2.27. The van der Waals surface area contributed by atoms with Crippen molar-refractivity contribution >= 4 is 35.5 Å². The molecule has 0 radical (unpaired) electrons. The number of ether oxygens (including phenoxy) is 2. The maximum Gasteiger partial charge on any atom is 0.250 e. The molecule has 1 N–H and O–H groups in total. The second kappa shape index (κ2) is 8.78. The number of thioether (sulfide) groups is 1. The summed E-state index contributed by atoms with van der Waals surface area (Å²) in [6, 6.07) is 13.2. The summed E-state index contributed by atoms with van der Waals surface area (Å²) in [6.45, 7) is 1.04. The fourth-order valence-corrected chi connectivity index (χ4v) is 3.38.